The molecule has 2 heterocycles. The van der Waals surface area contributed by atoms with E-state index in [1.165, 1.54) is 30.9 Å². The van der Waals surface area contributed by atoms with E-state index in [1.54, 1.807) is 24.1 Å². The number of rotatable bonds is 8. The summed E-state index contributed by atoms with van der Waals surface area (Å²) < 4.78 is 5.31. The first-order valence-corrected chi connectivity index (χ1v) is 11.8. The number of benzene rings is 2. The Kier molecular flexibility index (Phi) is 7.44. The van der Waals surface area contributed by atoms with Crippen molar-refractivity contribution in [3.05, 3.63) is 63.7 Å². The van der Waals surface area contributed by atoms with Gasteiger partial charge in [0.15, 0.2) is 0 Å². The number of ether oxygens (including phenoxy) is 1. The van der Waals surface area contributed by atoms with E-state index in [0.717, 1.165) is 37.4 Å². The maximum absolute atomic E-state index is 13.0. The lowest BCUT2D eigenvalue weighted by molar-refractivity contribution is -0.385. The van der Waals surface area contributed by atoms with Crippen molar-refractivity contribution >= 4 is 17.3 Å². The first-order chi connectivity index (χ1) is 16.1. The Labute approximate surface area is 194 Å². The third-order valence-electron chi connectivity index (χ3n) is 6.65. The normalized spacial score (nSPS) is 17.5. The fraction of sp³-hybridized carbons (Fsp3) is 0.480. The zero-order valence-electron chi connectivity index (χ0n) is 19.2. The third-order valence-corrected chi connectivity index (χ3v) is 6.65. The fourth-order valence-corrected chi connectivity index (χ4v) is 4.80. The van der Waals surface area contributed by atoms with Gasteiger partial charge in [-0.2, -0.15) is 0 Å². The quantitative estimate of drug-likeness (QED) is 0.469. The lowest BCUT2D eigenvalue weighted by Gasteiger charge is -2.35. The molecule has 2 aliphatic heterocycles. The van der Waals surface area contributed by atoms with Crippen LogP contribution in [-0.2, 0) is 0 Å². The summed E-state index contributed by atoms with van der Waals surface area (Å²) in [5.41, 5.74) is 1.94. The van der Waals surface area contributed by atoms with Gasteiger partial charge >= 0.3 is 0 Å². The minimum atomic E-state index is -0.471. The van der Waals surface area contributed by atoms with Gasteiger partial charge in [-0.15, -0.1) is 0 Å². The minimum Gasteiger partial charge on any atom is -0.497 e. The Bertz CT molecular complexity index is 967. The number of carbonyl (C=O) groups is 1. The lowest BCUT2D eigenvalue weighted by Crippen LogP contribution is -2.37. The van der Waals surface area contributed by atoms with E-state index in [4.69, 9.17) is 4.74 Å². The summed E-state index contributed by atoms with van der Waals surface area (Å²) in [5, 5.41) is 15.0. The predicted molar refractivity (Wildman–Crippen MR) is 128 cm³/mol. The van der Waals surface area contributed by atoms with Crippen LogP contribution in [0, 0.1) is 10.1 Å². The van der Waals surface area contributed by atoms with Crippen molar-refractivity contribution < 1.29 is 14.5 Å². The van der Waals surface area contributed by atoms with Gasteiger partial charge < -0.3 is 15.0 Å². The molecule has 33 heavy (non-hydrogen) atoms. The van der Waals surface area contributed by atoms with Crippen molar-refractivity contribution in [3.63, 3.8) is 0 Å². The molecule has 1 N–H and O–H groups in total. The number of anilines is 1. The number of hydrogen-bond donors (Lipinski definition) is 1. The number of carbonyl (C=O) groups excluding carboxylic acids is 1. The molecule has 0 aromatic heterocycles. The highest BCUT2D eigenvalue weighted by atomic mass is 16.6. The molecule has 2 fully saturated rings. The van der Waals surface area contributed by atoms with Gasteiger partial charge in [-0.1, -0.05) is 18.6 Å². The van der Waals surface area contributed by atoms with E-state index in [-0.39, 0.29) is 23.2 Å². The molecule has 0 radical (unpaired) electrons. The molecule has 1 unspecified atom stereocenters. The zero-order valence-corrected chi connectivity index (χ0v) is 19.2. The van der Waals surface area contributed by atoms with Crippen LogP contribution in [0.1, 0.15) is 54.1 Å². The molecule has 2 aliphatic rings. The molecule has 2 saturated heterocycles. The van der Waals surface area contributed by atoms with Gasteiger partial charge in [0, 0.05) is 31.4 Å². The summed E-state index contributed by atoms with van der Waals surface area (Å²) in [4.78, 5) is 28.2. The second-order valence-electron chi connectivity index (χ2n) is 8.75. The van der Waals surface area contributed by atoms with Crippen LogP contribution in [0.25, 0.3) is 0 Å². The number of piperidine rings is 1. The number of nitro benzene ring substituents is 1. The zero-order chi connectivity index (χ0) is 23.2. The predicted octanol–water partition coefficient (Wildman–Crippen LogP) is 4.48. The first kappa shape index (κ1) is 23.0. The van der Waals surface area contributed by atoms with Crippen LogP contribution in [0.2, 0.25) is 0 Å². The summed E-state index contributed by atoms with van der Waals surface area (Å²) in [7, 11) is 1.66. The number of nitro groups is 1. The van der Waals surface area contributed by atoms with Crippen molar-refractivity contribution in [1.82, 2.24) is 9.80 Å². The number of nitrogens with zero attached hydrogens (tertiary/aromatic N) is 3. The molecule has 1 amide bonds. The molecule has 1 atom stereocenters. The summed E-state index contributed by atoms with van der Waals surface area (Å²) >= 11 is 0. The van der Waals surface area contributed by atoms with Crippen LogP contribution < -0.4 is 10.1 Å². The molecule has 2 aromatic carbocycles. The fourth-order valence-electron chi connectivity index (χ4n) is 4.80. The second-order valence-corrected chi connectivity index (χ2v) is 8.75. The van der Waals surface area contributed by atoms with Crippen molar-refractivity contribution in [2.45, 2.75) is 38.1 Å². The molecule has 4 rings (SSSR count). The number of methoxy groups -OCH3 is 1. The van der Waals surface area contributed by atoms with Crippen LogP contribution in [0.3, 0.4) is 0 Å². The Morgan fingerprint density at radius 1 is 1.03 bits per heavy atom. The number of amides is 1. The molecule has 0 spiro atoms. The first-order valence-electron chi connectivity index (χ1n) is 11.8. The van der Waals surface area contributed by atoms with Gasteiger partial charge in [-0.3, -0.25) is 19.8 Å². The van der Waals surface area contributed by atoms with E-state index in [1.807, 2.05) is 12.1 Å². The Morgan fingerprint density at radius 3 is 2.33 bits per heavy atom. The third kappa shape index (κ3) is 5.45. The monoisotopic (exact) mass is 452 g/mol. The van der Waals surface area contributed by atoms with E-state index in [9.17, 15) is 14.9 Å². The summed E-state index contributed by atoms with van der Waals surface area (Å²) in [6.07, 6.45) is 5.49. The largest absolute Gasteiger partial charge is 0.497 e. The summed E-state index contributed by atoms with van der Waals surface area (Å²) in [6.45, 7) is 4.03. The lowest BCUT2D eigenvalue weighted by atomic mass is 10.0. The number of hydrogen-bond acceptors (Lipinski definition) is 6. The van der Waals surface area contributed by atoms with E-state index < -0.39 is 4.92 Å². The molecule has 8 heteroatoms. The highest BCUT2D eigenvalue weighted by molar-refractivity contribution is 5.99. The highest BCUT2D eigenvalue weighted by Crippen LogP contribution is 2.29. The van der Waals surface area contributed by atoms with E-state index >= 15 is 0 Å². The average Bonchev–Trinajstić information content (AvgIpc) is 3.39. The van der Waals surface area contributed by atoms with Crippen LogP contribution >= 0.6 is 0 Å². The SMILES string of the molecule is COc1ccc(C(CNc2ccc([N+](=O)[O-])c(C(=O)N3CCCC3)c2)N2CCCCC2)cc1. The molecular weight excluding hydrogens is 420 g/mol. The van der Waals surface area contributed by atoms with Crippen LogP contribution in [0.4, 0.5) is 11.4 Å². The standard InChI is InChI=1S/C25H32N4O4/c1-33-21-10-7-19(8-11-21)24(27-13-3-2-4-14-27)18-26-20-9-12-23(29(31)32)22(17-20)25(30)28-15-5-6-16-28/h7-12,17,24,26H,2-6,13-16,18H2,1H3. The van der Waals surface area contributed by atoms with Crippen LogP contribution in [0.5, 0.6) is 5.75 Å². The van der Waals surface area contributed by atoms with Crippen molar-refractivity contribution in [2.75, 3.05) is 45.2 Å². The van der Waals surface area contributed by atoms with Crippen molar-refractivity contribution in [1.29, 1.82) is 0 Å². The highest BCUT2D eigenvalue weighted by Gasteiger charge is 2.27. The summed E-state index contributed by atoms with van der Waals surface area (Å²) in [6, 6.07) is 13.1. The molecular formula is C25H32N4O4. The average molecular weight is 453 g/mol. The van der Waals surface area contributed by atoms with Gasteiger partial charge in [0.2, 0.25) is 0 Å². The van der Waals surface area contributed by atoms with Gasteiger partial charge in [0.1, 0.15) is 11.3 Å². The Balaban J connectivity index is 1.55. The van der Waals surface area contributed by atoms with Crippen LogP contribution in [-0.4, -0.2) is 60.5 Å². The molecule has 8 nitrogen and oxygen atoms in total. The van der Waals surface area contributed by atoms with Crippen molar-refractivity contribution in [3.8, 4) is 5.75 Å². The van der Waals surface area contributed by atoms with E-state index in [0.29, 0.717) is 19.6 Å². The maximum Gasteiger partial charge on any atom is 0.282 e. The molecule has 2 aromatic rings. The molecule has 0 saturated carbocycles. The Morgan fingerprint density at radius 2 is 1.70 bits per heavy atom. The van der Waals surface area contributed by atoms with Crippen LogP contribution in [0.15, 0.2) is 42.5 Å². The van der Waals surface area contributed by atoms with Crippen molar-refractivity contribution in [2.24, 2.45) is 0 Å². The molecule has 176 valence electrons. The second kappa shape index (κ2) is 10.7. The van der Waals surface area contributed by atoms with Gasteiger partial charge in [-0.05, 0) is 68.6 Å². The van der Waals surface area contributed by atoms with Gasteiger partial charge in [0.25, 0.3) is 11.6 Å². The number of likely N-dealkylation sites (tertiary alicyclic amines) is 2. The van der Waals surface area contributed by atoms with Gasteiger partial charge in [0.05, 0.1) is 18.1 Å². The smallest absolute Gasteiger partial charge is 0.282 e. The molecule has 0 aliphatic carbocycles. The number of nitrogens with one attached hydrogen (secondary N) is 1. The Hall–Kier alpha value is -3.13. The van der Waals surface area contributed by atoms with Gasteiger partial charge in [-0.25, -0.2) is 0 Å². The summed E-state index contributed by atoms with van der Waals surface area (Å²) in [5.74, 6) is 0.565. The maximum atomic E-state index is 13.0. The minimum absolute atomic E-state index is 0.139. The molecule has 0 bridgehead atoms. The van der Waals surface area contributed by atoms with E-state index in [2.05, 4.69) is 22.3 Å². The topological polar surface area (TPSA) is 87.9 Å².